The van der Waals surface area contributed by atoms with E-state index in [4.69, 9.17) is 4.42 Å². The summed E-state index contributed by atoms with van der Waals surface area (Å²) < 4.78 is 6.73. The van der Waals surface area contributed by atoms with E-state index >= 15 is 0 Å². The number of hydrogen-bond acceptors (Lipinski definition) is 1. The van der Waals surface area contributed by atoms with E-state index < -0.39 is 8.07 Å². The first-order valence-electron chi connectivity index (χ1n) is 18.1. The SMILES string of the molecule is C[Si](C)(c1ccccc1)c1cc(-c2c3ccccc3c(-c3ccc(-c4cccc5ccccc45)cc3)c3ccccc23)cc2c1oc1ccccc12. The molecular weight excluding hydrogens is 645 g/mol. The molecule has 0 amide bonds. The van der Waals surface area contributed by atoms with Crippen LogP contribution in [0.25, 0.3) is 87.6 Å². The van der Waals surface area contributed by atoms with Gasteiger partial charge in [0.1, 0.15) is 19.2 Å². The first kappa shape index (κ1) is 30.6. The van der Waals surface area contributed by atoms with Gasteiger partial charge in [-0.1, -0.05) is 188 Å². The van der Waals surface area contributed by atoms with Gasteiger partial charge in [-0.15, -0.1) is 0 Å². The van der Waals surface area contributed by atoms with Gasteiger partial charge in [0, 0.05) is 10.8 Å². The molecule has 10 rings (SSSR count). The number of hydrogen-bond donors (Lipinski definition) is 0. The summed E-state index contributed by atoms with van der Waals surface area (Å²) >= 11 is 0. The van der Waals surface area contributed by atoms with Crippen LogP contribution in [0.2, 0.25) is 13.1 Å². The number of fused-ring (bicyclic) bond motifs is 6. The predicted molar refractivity (Wildman–Crippen MR) is 226 cm³/mol. The van der Waals surface area contributed by atoms with Crippen LogP contribution in [0, 0.1) is 0 Å². The third-order valence-electron chi connectivity index (χ3n) is 11.1. The first-order chi connectivity index (χ1) is 25.6. The highest BCUT2D eigenvalue weighted by Crippen LogP contribution is 2.45. The van der Waals surface area contributed by atoms with Crippen molar-refractivity contribution < 1.29 is 4.42 Å². The summed E-state index contributed by atoms with van der Waals surface area (Å²) in [5.41, 5.74) is 9.43. The molecular formula is C50H36OSi. The van der Waals surface area contributed by atoms with Crippen LogP contribution in [0.3, 0.4) is 0 Å². The number of benzene rings is 9. The van der Waals surface area contributed by atoms with Crippen LogP contribution in [0.1, 0.15) is 0 Å². The summed E-state index contributed by atoms with van der Waals surface area (Å²) in [6, 6.07) is 66.7. The van der Waals surface area contributed by atoms with E-state index in [1.807, 2.05) is 0 Å². The molecule has 0 radical (unpaired) electrons. The Morgan fingerprint density at radius 3 is 1.58 bits per heavy atom. The fraction of sp³-hybridized carbons (Fsp3) is 0.0400. The molecule has 0 N–H and O–H groups in total. The molecule has 0 atom stereocenters. The number of furan rings is 1. The molecule has 0 fully saturated rings. The van der Waals surface area contributed by atoms with Gasteiger partial charge >= 0.3 is 0 Å². The zero-order valence-electron chi connectivity index (χ0n) is 29.2. The molecule has 10 aromatic rings. The summed E-state index contributed by atoms with van der Waals surface area (Å²) in [5.74, 6) is 0. The van der Waals surface area contributed by atoms with Crippen LogP contribution in [0.5, 0.6) is 0 Å². The van der Waals surface area contributed by atoms with Crippen molar-refractivity contribution in [1.29, 1.82) is 0 Å². The van der Waals surface area contributed by atoms with Crippen molar-refractivity contribution in [2.75, 3.05) is 0 Å². The third-order valence-corrected chi connectivity index (χ3v) is 14.6. The van der Waals surface area contributed by atoms with E-state index in [0.717, 1.165) is 16.6 Å². The highest BCUT2D eigenvalue weighted by molar-refractivity contribution is 7.01. The minimum absolute atomic E-state index is 0.936. The highest BCUT2D eigenvalue weighted by atomic mass is 28.3. The van der Waals surface area contributed by atoms with Crippen molar-refractivity contribution in [1.82, 2.24) is 0 Å². The molecule has 0 aliphatic rings. The Bertz CT molecular complexity index is 2910. The van der Waals surface area contributed by atoms with E-state index in [2.05, 4.69) is 195 Å². The molecule has 0 saturated heterocycles. The molecule has 2 heteroatoms. The molecule has 52 heavy (non-hydrogen) atoms. The zero-order chi connectivity index (χ0) is 34.8. The maximum absolute atomic E-state index is 6.73. The van der Waals surface area contributed by atoms with Crippen LogP contribution in [-0.2, 0) is 0 Å². The fourth-order valence-electron chi connectivity index (χ4n) is 8.49. The molecule has 0 aliphatic heterocycles. The third kappa shape index (κ3) is 4.76. The van der Waals surface area contributed by atoms with Gasteiger partial charge in [0.15, 0.2) is 0 Å². The molecule has 0 unspecified atom stereocenters. The quantitative estimate of drug-likeness (QED) is 0.130. The Labute approximate surface area is 304 Å². The summed E-state index contributed by atoms with van der Waals surface area (Å²) in [6.07, 6.45) is 0. The number of para-hydroxylation sites is 1. The van der Waals surface area contributed by atoms with Crippen LogP contribution in [0.15, 0.2) is 186 Å². The first-order valence-corrected chi connectivity index (χ1v) is 21.1. The Hall–Kier alpha value is -6.22. The normalized spacial score (nSPS) is 12.0. The molecule has 0 spiro atoms. The molecule has 0 aliphatic carbocycles. The standard InChI is InChI=1S/C50H36OSi/c1-52(2,37-17-4-3-5-18-37)47-32-36(31-45-40-20-12-13-26-46(40)51-50(45)47)49-43-23-10-8-21-41(43)48(42-22-9-11-24-44(42)49)35-29-27-34(28-30-35)39-25-14-16-33-15-6-7-19-38(33)39/h3-32H,1-2H3. The van der Waals surface area contributed by atoms with Gasteiger partial charge in [-0.2, -0.15) is 0 Å². The molecule has 0 bridgehead atoms. The van der Waals surface area contributed by atoms with Crippen molar-refractivity contribution in [3.8, 4) is 33.4 Å². The van der Waals surface area contributed by atoms with Crippen LogP contribution in [-0.4, -0.2) is 8.07 Å². The van der Waals surface area contributed by atoms with Crippen molar-refractivity contribution in [3.63, 3.8) is 0 Å². The molecule has 9 aromatic carbocycles. The lowest BCUT2D eigenvalue weighted by molar-refractivity contribution is 0.671. The largest absolute Gasteiger partial charge is 0.456 e. The molecule has 0 saturated carbocycles. The van der Waals surface area contributed by atoms with Gasteiger partial charge in [-0.25, -0.2) is 0 Å². The monoisotopic (exact) mass is 680 g/mol. The van der Waals surface area contributed by atoms with Gasteiger partial charge in [-0.05, 0) is 83.0 Å². The Kier molecular flexibility index (Phi) is 7.02. The summed E-state index contributed by atoms with van der Waals surface area (Å²) in [5, 5.41) is 12.6. The number of rotatable bonds is 5. The lowest BCUT2D eigenvalue weighted by atomic mass is 9.85. The Morgan fingerprint density at radius 1 is 0.385 bits per heavy atom. The Balaban J connectivity index is 1.23. The van der Waals surface area contributed by atoms with E-state index in [-0.39, 0.29) is 0 Å². The second-order valence-electron chi connectivity index (χ2n) is 14.4. The molecule has 1 heterocycles. The zero-order valence-corrected chi connectivity index (χ0v) is 30.2. The summed E-state index contributed by atoms with van der Waals surface area (Å²) in [6.45, 7) is 4.91. The molecule has 1 aromatic heterocycles. The second-order valence-corrected chi connectivity index (χ2v) is 18.8. The van der Waals surface area contributed by atoms with E-state index in [0.29, 0.717) is 0 Å². The lowest BCUT2D eigenvalue weighted by Gasteiger charge is -2.25. The highest BCUT2D eigenvalue weighted by Gasteiger charge is 2.31. The van der Waals surface area contributed by atoms with Crippen molar-refractivity contribution >= 4 is 72.7 Å². The van der Waals surface area contributed by atoms with Gasteiger partial charge in [-0.3, -0.25) is 0 Å². The van der Waals surface area contributed by atoms with E-state index in [1.165, 1.54) is 81.5 Å². The lowest BCUT2D eigenvalue weighted by Crippen LogP contribution is -2.53. The van der Waals surface area contributed by atoms with Crippen LogP contribution < -0.4 is 10.4 Å². The fourth-order valence-corrected chi connectivity index (χ4v) is 11.1. The van der Waals surface area contributed by atoms with Crippen LogP contribution >= 0.6 is 0 Å². The van der Waals surface area contributed by atoms with Gasteiger partial charge in [0.05, 0.1) is 0 Å². The maximum atomic E-state index is 6.73. The predicted octanol–water partition coefficient (Wildman–Crippen LogP) is 12.9. The molecule has 246 valence electrons. The molecule has 1 nitrogen and oxygen atoms in total. The summed E-state index contributed by atoms with van der Waals surface area (Å²) in [4.78, 5) is 0. The maximum Gasteiger partial charge on any atom is 0.135 e. The van der Waals surface area contributed by atoms with E-state index in [9.17, 15) is 0 Å². The Morgan fingerprint density at radius 2 is 0.904 bits per heavy atom. The topological polar surface area (TPSA) is 13.1 Å². The van der Waals surface area contributed by atoms with Crippen molar-refractivity contribution in [3.05, 3.63) is 182 Å². The minimum atomic E-state index is -2.19. The van der Waals surface area contributed by atoms with E-state index in [1.54, 1.807) is 0 Å². The van der Waals surface area contributed by atoms with Crippen molar-refractivity contribution in [2.45, 2.75) is 13.1 Å². The summed E-state index contributed by atoms with van der Waals surface area (Å²) in [7, 11) is -2.19. The van der Waals surface area contributed by atoms with Crippen molar-refractivity contribution in [2.24, 2.45) is 0 Å². The van der Waals surface area contributed by atoms with Crippen LogP contribution in [0.4, 0.5) is 0 Å². The van der Waals surface area contributed by atoms with Gasteiger partial charge in [0.25, 0.3) is 0 Å². The smallest absolute Gasteiger partial charge is 0.135 e. The average molecular weight is 681 g/mol. The van der Waals surface area contributed by atoms with Gasteiger partial charge in [0.2, 0.25) is 0 Å². The van der Waals surface area contributed by atoms with Gasteiger partial charge < -0.3 is 4.42 Å². The second kappa shape index (κ2) is 11.9. The average Bonchev–Trinajstić information content (AvgIpc) is 3.58. The minimum Gasteiger partial charge on any atom is -0.456 e.